The van der Waals surface area contributed by atoms with Gasteiger partial charge < -0.3 is 9.97 Å². The Bertz CT molecular complexity index is 4040. The lowest BCUT2D eigenvalue weighted by atomic mass is 9.90. The van der Waals surface area contributed by atoms with Gasteiger partial charge in [0.15, 0.2) is 0 Å². The van der Waals surface area contributed by atoms with Crippen molar-refractivity contribution in [3.05, 3.63) is 308 Å². The third kappa shape index (κ3) is 12.3. The molecule has 13 rings (SSSR count). The Balaban J connectivity index is 1.28. The molecule has 0 saturated carbocycles. The minimum atomic E-state index is 0.741. The summed E-state index contributed by atoms with van der Waals surface area (Å²) < 4.78 is 0. The molecule has 0 saturated heterocycles. The molecule has 434 valence electrons. The first kappa shape index (κ1) is 61.1. The highest BCUT2D eigenvalue weighted by molar-refractivity contribution is 9.09. The standard InChI is InChI=1S/C76H54Br8N4/c77-37-45-1-17-53(18-2-45)69-61-33-63-71(55-21-5-47(39-79)6-22-55)73(57-25-9-49(41-81)10-26-57)65(86-63)35-67-75(59-29-13-51(43-83)14-30-59)76(60-31-15-52(44-84)16-32-60)68(88-67)36-66-74(58-27-11-50(42-82)12-28-58)72(56-23-7-48(40-80)8-24-56)64(87-66)34-62(85-61)70(69)54-19-3-46(38-78)4-20-54/h1-36,85,88H,37-44H2. The van der Waals surface area contributed by atoms with Crippen LogP contribution in [0, 0.1) is 0 Å². The molecule has 0 atom stereocenters. The van der Waals surface area contributed by atoms with Crippen LogP contribution in [0.5, 0.6) is 0 Å². The zero-order valence-corrected chi connectivity index (χ0v) is 60.0. The lowest BCUT2D eigenvalue weighted by molar-refractivity contribution is 1.29. The van der Waals surface area contributed by atoms with Gasteiger partial charge in [0.05, 0.1) is 22.8 Å². The van der Waals surface area contributed by atoms with Crippen molar-refractivity contribution in [2.75, 3.05) is 0 Å². The highest BCUT2D eigenvalue weighted by atomic mass is 79.9. The smallest absolute Gasteiger partial charge is 0.0743 e. The maximum Gasteiger partial charge on any atom is 0.0743 e. The van der Waals surface area contributed by atoms with E-state index in [1.54, 1.807) is 0 Å². The first-order valence-corrected chi connectivity index (χ1v) is 37.7. The van der Waals surface area contributed by atoms with Gasteiger partial charge in [0.1, 0.15) is 0 Å². The van der Waals surface area contributed by atoms with Gasteiger partial charge in [-0.2, -0.15) is 0 Å². The van der Waals surface area contributed by atoms with Crippen molar-refractivity contribution < 1.29 is 0 Å². The minimum absolute atomic E-state index is 0.741. The number of aromatic nitrogens is 4. The van der Waals surface area contributed by atoms with Crippen molar-refractivity contribution in [1.29, 1.82) is 0 Å². The van der Waals surface area contributed by atoms with Gasteiger partial charge in [0, 0.05) is 109 Å². The third-order valence-corrected chi connectivity index (χ3v) is 21.6. The van der Waals surface area contributed by atoms with E-state index in [2.05, 4.69) is 356 Å². The van der Waals surface area contributed by atoms with Crippen molar-refractivity contribution >= 4 is 172 Å². The Morgan fingerprint density at radius 3 is 0.500 bits per heavy atom. The van der Waals surface area contributed by atoms with Crippen LogP contribution in [0.2, 0.25) is 0 Å². The van der Waals surface area contributed by atoms with Gasteiger partial charge in [0.2, 0.25) is 0 Å². The van der Waals surface area contributed by atoms with Crippen molar-refractivity contribution in [2.45, 2.75) is 42.6 Å². The van der Waals surface area contributed by atoms with E-state index in [4.69, 9.17) is 9.97 Å². The Kier molecular flexibility index (Phi) is 19.0. The van der Waals surface area contributed by atoms with Gasteiger partial charge in [-0.1, -0.05) is 322 Å². The quantitative estimate of drug-likeness (QED) is 0.0947. The molecule has 5 heterocycles. The van der Waals surface area contributed by atoms with Crippen molar-refractivity contribution in [3.8, 4) is 44.5 Å². The Hall–Kier alpha value is -5.80. The van der Waals surface area contributed by atoms with E-state index in [0.29, 0.717) is 0 Å². The van der Waals surface area contributed by atoms with Gasteiger partial charge in [-0.05, 0) is 113 Å². The van der Waals surface area contributed by atoms with Crippen LogP contribution in [-0.2, 0) is 42.6 Å². The number of H-pyrrole nitrogens is 2. The highest BCUT2D eigenvalue weighted by Crippen LogP contribution is 2.48. The minimum Gasteiger partial charge on any atom is -0.354 e. The van der Waals surface area contributed by atoms with E-state index in [-0.39, 0.29) is 0 Å². The zero-order valence-electron chi connectivity index (χ0n) is 47.4. The molecule has 2 aliphatic heterocycles. The number of fused-ring (bicyclic) bond motifs is 8. The Morgan fingerprint density at radius 1 is 0.205 bits per heavy atom. The molecular weight excluding hydrogens is 1610 g/mol. The zero-order chi connectivity index (χ0) is 60.4. The second kappa shape index (κ2) is 27.3. The maximum atomic E-state index is 5.93. The lowest BCUT2D eigenvalue weighted by Crippen LogP contribution is -1.92. The SMILES string of the molecule is BrCc1ccc(C2=C(c3ccc(CBr)cc3)c3cc4[nH]c(cc5nc(cc6[nH]c(cc2n3)c(-c2ccc(CBr)cc2)c6-c2ccc(CBr)cc2)C(c2ccc(CBr)cc2)=C5c2ccc(CBr)cc2)c(-c2ccc(CBr)cc2)c4-c2ccc(CBr)cc2)cc1. The van der Waals surface area contributed by atoms with E-state index in [0.717, 1.165) is 177 Å². The molecule has 11 aromatic rings. The van der Waals surface area contributed by atoms with Gasteiger partial charge in [-0.15, -0.1) is 0 Å². The molecule has 3 aromatic heterocycles. The average Bonchev–Trinajstić information content (AvgIpc) is 1.86. The third-order valence-electron chi connectivity index (χ3n) is 16.4. The summed E-state index contributed by atoms with van der Waals surface area (Å²) in [7, 11) is 0. The van der Waals surface area contributed by atoms with E-state index >= 15 is 0 Å². The summed E-state index contributed by atoms with van der Waals surface area (Å²) in [6.45, 7) is 0. The number of halogens is 8. The van der Waals surface area contributed by atoms with Crippen LogP contribution in [0.1, 0.15) is 89.5 Å². The fourth-order valence-electron chi connectivity index (χ4n) is 11.9. The van der Waals surface area contributed by atoms with Crippen molar-refractivity contribution in [3.63, 3.8) is 0 Å². The van der Waals surface area contributed by atoms with Crippen LogP contribution in [-0.4, -0.2) is 19.9 Å². The Labute approximate surface area is 580 Å². The number of benzene rings is 8. The predicted molar refractivity (Wildman–Crippen MR) is 400 cm³/mol. The lowest BCUT2D eigenvalue weighted by Gasteiger charge is -2.12. The predicted octanol–water partition coefficient (Wildman–Crippen LogP) is 24.2. The van der Waals surface area contributed by atoms with Crippen LogP contribution in [0.15, 0.2) is 218 Å². The number of nitrogens with zero attached hydrogens (tertiary/aromatic N) is 2. The molecule has 12 heteroatoms. The van der Waals surface area contributed by atoms with Gasteiger partial charge in [0.25, 0.3) is 0 Å². The summed E-state index contributed by atoms with van der Waals surface area (Å²) in [6.07, 6.45) is 0. The van der Waals surface area contributed by atoms with Gasteiger partial charge in [-0.25, -0.2) is 9.97 Å². The molecule has 2 aliphatic rings. The molecule has 0 amide bonds. The number of hydrogen-bond donors (Lipinski definition) is 2. The van der Waals surface area contributed by atoms with E-state index < -0.39 is 0 Å². The summed E-state index contributed by atoms with van der Waals surface area (Å²) >= 11 is 30.1. The molecular formula is C76H54Br8N4. The second-order valence-electron chi connectivity index (χ2n) is 21.9. The molecule has 8 aromatic carbocycles. The summed E-state index contributed by atoms with van der Waals surface area (Å²) in [5.74, 6) is 0. The topological polar surface area (TPSA) is 57.4 Å². The summed E-state index contributed by atoms with van der Waals surface area (Å²) in [6, 6.07) is 80.7. The molecule has 0 unspecified atom stereocenters. The fourth-order valence-corrected chi connectivity index (χ4v) is 14.9. The molecule has 0 aliphatic carbocycles. The van der Waals surface area contributed by atoms with Gasteiger partial charge >= 0.3 is 0 Å². The highest BCUT2D eigenvalue weighted by Gasteiger charge is 2.29. The van der Waals surface area contributed by atoms with E-state index in [9.17, 15) is 0 Å². The average molecular weight is 1660 g/mol. The molecule has 0 fully saturated rings. The van der Waals surface area contributed by atoms with Crippen molar-refractivity contribution in [2.24, 2.45) is 0 Å². The normalized spacial score (nSPS) is 12.4. The van der Waals surface area contributed by atoms with Crippen LogP contribution < -0.4 is 0 Å². The summed E-state index contributed by atoms with van der Waals surface area (Å²) in [4.78, 5) is 20.2. The van der Waals surface area contributed by atoms with E-state index in [1.807, 2.05) is 0 Å². The van der Waals surface area contributed by atoms with Crippen LogP contribution in [0.4, 0.5) is 0 Å². The van der Waals surface area contributed by atoms with Crippen LogP contribution in [0.25, 0.3) is 88.9 Å². The number of hydrogen-bond acceptors (Lipinski definition) is 2. The molecule has 0 spiro atoms. The first-order chi connectivity index (χ1) is 43.2. The molecule has 0 radical (unpaired) electrons. The molecule has 8 bridgehead atoms. The first-order valence-electron chi connectivity index (χ1n) is 28.7. The maximum absolute atomic E-state index is 5.93. The monoisotopic (exact) mass is 1650 g/mol. The summed E-state index contributed by atoms with van der Waals surface area (Å²) in [5, 5.41) is 5.93. The van der Waals surface area contributed by atoms with Crippen LogP contribution >= 0.6 is 127 Å². The molecule has 88 heavy (non-hydrogen) atoms. The Morgan fingerprint density at radius 2 is 0.352 bits per heavy atom. The second-order valence-corrected chi connectivity index (χ2v) is 26.4. The number of nitrogens with one attached hydrogen (secondary N) is 2. The fraction of sp³-hybridized carbons (Fsp3) is 0.105. The van der Waals surface area contributed by atoms with Gasteiger partial charge in [-0.3, -0.25) is 0 Å². The number of alkyl halides is 8. The largest absolute Gasteiger partial charge is 0.354 e. The number of aromatic amines is 2. The van der Waals surface area contributed by atoms with Crippen molar-refractivity contribution in [1.82, 2.24) is 19.9 Å². The summed E-state index contributed by atoms with van der Waals surface area (Å²) in [5.41, 5.74) is 33.4. The van der Waals surface area contributed by atoms with Crippen LogP contribution in [0.3, 0.4) is 0 Å². The van der Waals surface area contributed by atoms with E-state index in [1.165, 1.54) is 44.5 Å². The molecule has 2 N–H and O–H groups in total. The number of rotatable bonds is 16. The molecule has 4 nitrogen and oxygen atoms in total.